The van der Waals surface area contributed by atoms with E-state index in [9.17, 15) is 4.39 Å². The minimum atomic E-state index is -0.429. The lowest BCUT2D eigenvalue weighted by molar-refractivity contribution is 0.624. The summed E-state index contributed by atoms with van der Waals surface area (Å²) in [5.41, 5.74) is 6.61. The Morgan fingerprint density at radius 3 is 2.73 bits per heavy atom. The van der Waals surface area contributed by atoms with E-state index in [0.29, 0.717) is 5.56 Å². The first-order chi connectivity index (χ1) is 7.20. The average Bonchev–Trinajstić information content (AvgIpc) is 2.74. The van der Waals surface area contributed by atoms with E-state index in [-0.39, 0.29) is 11.1 Å². The van der Waals surface area contributed by atoms with Crippen molar-refractivity contribution in [2.24, 2.45) is 5.73 Å². The largest absolute Gasteiger partial charge is 0.320 e. The van der Waals surface area contributed by atoms with E-state index < -0.39 is 5.82 Å². The van der Waals surface area contributed by atoms with Crippen molar-refractivity contribution in [1.82, 2.24) is 0 Å². The number of benzene rings is 1. The Hall–Kier alpha value is -0.900. The van der Waals surface area contributed by atoms with Crippen LogP contribution in [-0.4, -0.2) is 0 Å². The maximum atomic E-state index is 13.2. The molecule has 0 saturated carbocycles. The number of halogens is 2. The van der Waals surface area contributed by atoms with Crippen LogP contribution >= 0.6 is 22.9 Å². The van der Waals surface area contributed by atoms with Crippen LogP contribution in [-0.2, 0) is 0 Å². The molecule has 0 amide bonds. The van der Waals surface area contributed by atoms with Crippen molar-refractivity contribution in [3.05, 3.63) is 57.0 Å². The Morgan fingerprint density at radius 1 is 1.27 bits per heavy atom. The van der Waals surface area contributed by atoms with E-state index in [1.165, 1.54) is 17.4 Å². The Morgan fingerprint density at radius 2 is 2.07 bits per heavy atom. The van der Waals surface area contributed by atoms with E-state index in [4.69, 9.17) is 17.3 Å². The van der Waals surface area contributed by atoms with Crippen molar-refractivity contribution < 1.29 is 4.39 Å². The summed E-state index contributed by atoms with van der Waals surface area (Å²) < 4.78 is 13.2. The smallest absolute Gasteiger partial charge is 0.142 e. The molecule has 0 aliphatic carbocycles. The highest BCUT2D eigenvalue weighted by Gasteiger charge is 2.15. The van der Waals surface area contributed by atoms with Crippen LogP contribution in [0.5, 0.6) is 0 Å². The first-order valence-electron chi connectivity index (χ1n) is 4.43. The summed E-state index contributed by atoms with van der Waals surface area (Å²) in [5.74, 6) is -0.429. The minimum absolute atomic E-state index is 0.110. The van der Waals surface area contributed by atoms with Gasteiger partial charge in [0.25, 0.3) is 0 Å². The maximum absolute atomic E-state index is 13.2. The molecule has 0 bridgehead atoms. The second-order valence-electron chi connectivity index (χ2n) is 3.14. The summed E-state index contributed by atoms with van der Waals surface area (Å²) in [6, 6.07) is 8.16. The molecule has 0 aliphatic rings. The monoisotopic (exact) mass is 241 g/mol. The van der Waals surface area contributed by atoms with Crippen LogP contribution in [0.1, 0.15) is 16.5 Å². The molecule has 15 heavy (non-hydrogen) atoms. The molecule has 78 valence electrons. The second kappa shape index (κ2) is 4.31. The van der Waals surface area contributed by atoms with Crippen LogP contribution in [0, 0.1) is 5.82 Å². The van der Waals surface area contributed by atoms with Crippen LogP contribution in [0.2, 0.25) is 5.02 Å². The van der Waals surface area contributed by atoms with Gasteiger partial charge in [0, 0.05) is 4.88 Å². The Kier molecular flexibility index (Phi) is 3.05. The van der Waals surface area contributed by atoms with E-state index in [2.05, 4.69) is 0 Å². The van der Waals surface area contributed by atoms with Crippen molar-refractivity contribution in [2.75, 3.05) is 0 Å². The van der Waals surface area contributed by atoms with Crippen LogP contribution < -0.4 is 5.73 Å². The van der Waals surface area contributed by atoms with Crippen LogP contribution in [0.3, 0.4) is 0 Å². The molecule has 2 aromatic rings. The van der Waals surface area contributed by atoms with Crippen molar-refractivity contribution in [3.63, 3.8) is 0 Å². The second-order valence-corrected chi connectivity index (χ2v) is 4.49. The van der Waals surface area contributed by atoms with Gasteiger partial charge in [-0.05, 0) is 23.1 Å². The van der Waals surface area contributed by atoms with Crippen LogP contribution in [0.4, 0.5) is 4.39 Å². The molecule has 2 N–H and O–H groups in total. The molecule has 0 fully saturated rings. The number of hydrogen-bond donors (Lipinski definition) is 1. The standard InChI is InChI=1S/C11H9ClFNS/c12-10-7(3-1-4-8(10)13)11(14)9-5-2-6-15-9/h1-6,11H,14H2/t11-/m1/s1. The Balaban J connectivity index is 2.42. The number of thiophene rings is 1. The predicted octanol–water partition coefficient (Wildman–Crippen LogP) is 3.59. The Labute approximate surface area is 96.3 Å². The zero-order valence-corrected chi connectivity index (χ0v) is 9.36. The third kappa shape index (κ3) is 2.04. The van der Waals surface area contributed by atoms with E-state index in [1.807, 2.05) is 17.5 Å². The van der Waals surface area contributed by atoms with Crippen molar-refractivity contribution >= 4 is 22.9 Å². The molecule has 4 heteroatoms. The van der Waals surface area contributed by atoms with Gasteiger partial charge >= 0.3 is 0 Å². The molecule has 2 rings (SSSR count). The first kappa shape index (κ1) is 10.6. The molecule has 1 aromatic heterocycles. The van der Waals surface area contributed by atoms with Gasteiger partial charge in [0.1, 0.15) is 5.82 Å². The van der Waals surface area contributed by atoms with Gasteiger partial charge in [0.2, 0.25) is 0 Å². The average molecular weight is 242 g/mol. The minimum Gasteiger partial charge on any atom is -0.320 e. The van der Waals surface area contributed by atoms with Gasteiger partial charge in [0.05, 0.1) is 11.1 Å². The topological polar surface area (TPSA) is 26.0 Å². The van der Waals surface area contributed by atoms with Crippen LogP contribution in [0.25, 0.3) is 0 Å². The number of nitrogens with two attached hydrogens (primary N) is 1. The molecule has 0 saturated heterocycles. The summed E-state index contributed by atoms with van der Waals surface area (Å²) in [7, 11) is 0. The van der Waals surface area contributed by atoms with Crippen molar-refractivity contribution in [2.45, 2.75) is 6.04 Å². The summed E-state index contributed by atoms with van der Waals surface area (Å²) in [6.07, 6.45) is 0. The zero-order chi connectivity index (χ0) is 10.8. The zero-order valence-electron chi connectivity index (χ0n) is 7.78. The fraction of sp³-hybridized carbons (Fsp3) is 0.0909. The summed E-state index contributed by atoms with van der Waals surface area (Å²) in [6.45, 7) is 0. The fourth-order valence-electron chi connectivity index (χ4n) is 1.38. The molecule has 1 aromatic carbocycles. The first-order valence-corrected chi connectivity index (χ1v) is 5.69. The number of hydrogen-bond acceptors (Lipinski definition) is 2. The molecule has 0 aliphatic heterocycles. The predicted molar refractivity (Wildman–Crippen MR) is 61.8 cm³/mol. The van der Waals surface area contributed by atoms with Gasteiger partial charge < -0.3 is 5.73 Å². The lowest BCUT2D eigenvalue weighted by Gasteiger charge is -2.12. The number of rotatable bonds is 2. The Bertz CT molecular complexity index is 456. The van der Waals surface area contributed by atoms with Crippen molar-refractivity contribution in [3.8, 4) is 0 Å². The molecule has 1 atom stereocenters. The molecule has 0 radical (unpaired) electrons. The summed E-state index contributed by atoms with van der Waals surface area (Å²) in [5, 5.41) is 2.04. The van der Waals surface area contributed by atoms with Crippen LogP contribution in [0.15, 0.2) is 35.7 Å². The van der Waals surface area contributed by atoms with E-state index in [1.54, 1.807) is 12.1 Å². The van der Waals surface area contributed by atoms with Gasteiger partial charge in [-0.25, -0.2) is 4.39 Å². The highest BCUT2D eigenvalue weighted by Crippen LogP contribution is 2.30. The van der Waals surface area contributed by atoms with Gasteiger partial charge in [-0.1, -0.05) is 29.8 Å². The van der Waals surface area contributed by atoms with Gasteiger partial charge in [-0.3, -0.25) is 0 Å². The van der Waals surface area contributed by atoms with Gasteiger partial charge in [0.15, 0.2) is 0 Å². The molecule has 0 spiro atoms. The SMILES string of the molecule is N[C@@H](c1cccs1)c1cccc(F)c1Cl. The van der Waals surface area contributed by atoms with Crippen molar-refractivity contribution in [1.29, 1.82) is 0 Å². The molecular weight excluding hydrogens is 233 g/mol. The maximum Gasteiger partial charge on any atom is 0.142 e. The quantitative estimate of drug-likeness (QED) is 0.855. The normalized spacial score (nSPS) is 12.7. The fourth-order valence-corrected chi connectivity index (χ4v) is 2.37. The molecule has 1 heterocycles. The highest BCUT2D eigenvalue weighted by molar-refractivity contribution is 7.10. The summed E-state index contributed by atoms with van der Waals surface area (Å²) >= 11 is 7.39. The molecular formula is C11H9ClFNS. The van der Waals surface area contributed by atoms with Gasteiger partial charge in [-0.15, -0.1) is 11.3 Å². The third-order valence-corrected chi connectivity index (χ3v) is 3.52. The molecule has 0 unspecified atom stereocenters. The summed E-state index contributed by atoms with van der Waals surface area (Å²) in [4.78, 5) is 0.975. The van der Waals surface area contributed by atoms with Gasteiger partial charge in [-0.2, -0.15) is 0 Å². The molecule has 1 nitrogen and oxygen atoms in total. The van der Waals surface area contributed by atoms with E-state index in [0.717, 1.165) is 4.88 Å². The third-order valence-electron chi connectivity index (χ3n) is 2.17. The van der Waals surface area contributed by atoms with E-state index >= 15 is 0 Å². The lowest BCUT2D eigenvalue weighted by atomic mass is 10.1. The lowest BCUT2D eigenvalue weighted by Crippen LogP contribution is -2.11. The highest BCUT2D eigenvalue weighted by atomic mass is 35.5.